The second kappa shape index (κ2) is 12.2. The van der Waals surface area contributed by atoms with Crippen LogP contribution in [0.15, 0.2) is 59.6 Å². The molecule has 0 saturated carbocycles. The van der Waals surface area contributed by atoms with E-state index in [1.54, 1.807) is 26.1 Å². The van der Waals surface area contributed by atoms with E-state index in [0.717, 1.165) is 16.9 Å². The second-order valence-electron chi connectivity index (χ2n) is 6.47. The van der Waals surface area contributed by atoms with Gasteiger partial charge in [0.05, 0.1) is 20.2 Å². The Morgan fingerprint density at radius 3 is 2.21 bits per heavy atom. The van der Waals surface area contributed by atoms with Gasteiger partial charge >= 0.3 is 0 Å². The fraction of sp³-hybridized carbons (Fsp3) is 0.333. The molecule has 0 aromatic heterocycles. The lowest BCUT2D eigenvalue weighted by molar-refractivity contribution is -0.127. The van der Waals surface area contributed by atoms with Crippen LogP contribution in [0.5, 0.6) is 5.75 Å². The summed E-state index contributed by atoms with van der Waals surface area (Å²) in [5.74, 6) is 1.51. The number of nitrogens with one attached hydrogen (secondary N) is 1. The van der Waals surface area contributed by atoms with E-state index in [1.807, 2.05) is 66.5 Å². The minimum absolute atomic E-state index is 0. The van der Waals surface area contributed by atoms with Crippen molar-refractivity contribution in [3.8, 4) is 5.75 Å². The fourth-order valence-corrected chi connectivity index (χ4v) is 2.45. The number of benzene rings is 2. The van der Waals surface area contributed by atoms with E-state index in [2.05, 4.69) is 5.32 Å². The van der Waals surface area contributed by atoms with Crippen LogP contribution in [0.25, 0.3) is 0 Å². The Labute approximate surface area is 184 Å². The van der Waals surface area contributed by atoms with E-state index in [1.165, 1.54) is 0 Å². The quantitative estimate of drug-likeness (QED) is 0.364. The van der Waals surface area contributed by atoms with Crippen molar-refractivity contribution in [1.82, 2.24) is 15.1 Å². The molecule has 0 fully saturated rings. The Hall–Kier alpha value is -2.29. The Balaban J connectivity index is 0.00000392. The van der Waals surface area contributed by atoms with E-state index in [9.17, 15) is 4.79 Å². The molecule has 1 N–H and O–H groups in total. The third kappa shape index (κ3) is 7.75. The number of rotatable bonds is 7. The first-order chi connectivity index (χ1) is 13.0. The van der Waals surface area contributed by atoms with Crippen molar-refractivity contribution in [3.63, 3.8) is 0 Å². The zero-order valence-corrected chi connectivity index (χ0v) is 19.2. The van der Waals surface area contributed by atoms with Gasteiger partial charge in [-0.05, 0) is 23.3 Å². The molecule has 0 bridgehead atoms. The van der Waals surface area contributed by atoms with Crippen molar-refractivity contribution in [3.05, 3.63) is 65.7 Å². The maximum atomic E-state index is 11.9. The molecule has 152 valence electrons. The minimum Gasteiger partial charge on any atom is -0.497 e. The lowest BCUT2D eigenvalue weighted by Crippen LogP contribution is -2.43. The molecule has 0 saturated heterocycles. The molecule has 0 heterocycles. The maximum Gasteiger partial charge on any atom is 0.241 e. The summed E-state index contributed by atoms with van der Waals surface area (Å²) in [5, 5.41) is 3.17. The zero-order valence-electron chi connectivity index (χ0n) is 16.9. The molecule has 0 spiro atoms. The van der Waals surface area contributed by atoms with Crippen molar-refractivity contribution in [2.75, 3.05) is 34.8 Å². The molecule has 1 amide bonds. The van der Waals surface area contributed by atoms with Gasteiger partial charge in [-0.15, -0.1) is 24.0 Å². The predicted octanol–water partition coefficient (Wildman–Crippen LogP) is 2.98. The number of carbonyl (C=O) groups excluding carboxylic acids is 1. The summed E-state index contributed by atoms with van der Waals surface area (Å²) in [6.07, 6.45) is 0. The maximum absolute atomic E-state index is 11.9. The molecule has 7 heteroatoms. The third-order valence-electron chi connectivity index (χ3n) is 4.09. The molecule has 6 nitrogen and oxygen atoms in total. The molecule has 0 radical (unpaired) electrons. The summed E-state index contributed by atoms with van der Waals surface area (Å²) in [6.45, 7) is 1.42. The van der Waals surface area contributed by atoms with E-state index >= 15 is 0 Å². The summed E-state index contributed by atoms with van der Waals surface area (Å²) in [4.78, 5) is 20.2. The molecular weight excluding hydrogens is 467 g/mol. The first-order valence-corrected chi connectivity index (χ1v) is 8.86. The monoisotopic (exact) mass is 496 g/mol. The van der Waals surface area contributed by atoms with Gasteiger partial charge in [0.25, 0.3) is 0 Å². The number of hydrogen-bond donors (Lipinski definition) is 1. The van der Waals surface area contributed by atoms with Crippen LogP contribution in [0.4, 0.5) is 0 Å². The van der Waals surface area contributed by atoms with Crippen molar-refractivity contribution in [2.24, 2.45) is 4.99 Å². The van der Waals surface area contributed by atoms with Gasteiger partial charge in [0, 0.05) is 27.7 Å². The molecule has 0 aliphatic carbocycles. The summed E-state index contributed by atoms with van der Waals surface area (Å²) >= 11 is 0. The number of nitrogens with zero attached hydrogens (tertiary/aromatic N) is 3. The first kappa shape index (κ1) is 23.7. The summed E-state index contributed by atoms with van der Waals surface area (Å²) < 4.78 is 5.20. The molecular formula is C21H29IN4O2. The molecule has 0 atom stereocenters. The Bertz CT molecular complexity index is 749. The van der Waals surface area contributed by atoms with Gasteiger partial charge in [0.2, 0.25) is 5.91 Å². The molecule has 0 aliphatic heterocycles. The SMILES string of the molecule is COc1ccc(CN(C)C(=NCc2ccccc2)NCC(=O)N(C)C)cc1.I. The number of methoxy groups -OCH3 is 1. The van der Waals surface area contributed by atoms with Crippen LogP contribution in [0, 0.1) is 0 Å². The van der Waals surface area contributed by atoms with Gasteiger partial charge < -0.3 is 19.9 Å². The highest BCUT2D eigenvalue weighted by Gasteiger charge is 2.11. The van der Waals surface area contributed by atoms with Crippen LogP contribution < -0.4 is 10.1 Å². The number of aliphatic imine (C=N–C) groups is 1. The fourth-order valence-electron chi connectivity index (χ4n) is 2.45. The molecule has 2 aromatic carbocycles. The zero-order chi connectivity index (χ0) is 19.6. The largest absolute Gasteiger partial charge is 0.497 e. The Morgan fingerprint density at radius 1 is 1.00 bits per heavy atom. The van der Waals surface area contributed by atoms with Crippen molar-refractivity contribution in [1.29, 1.82) is 0 Å². The summed E-state index contributed by atoms with van der Waals surface area (Å²) in [7, 11) is 7.10. The first-order valence-electron chi connectivity index (χ1n) is 8.86. The minimum atomic E-state index is 0. The lowest BCUT2D eigenvalue weighted by Gasteiger charge is -2.23. The number of hydrogen-bond acceptors (Lipinski definition) is 3. The van der Waals surface area contributed by atoms with E-state index in [0.29, 0.717) is 19.0 Å². The number of ether oxygens (including phenoxy) is 1. The predicted molar refractivity (Wildman–Crippen MR) is 124 cm³/mol. The summed E-state index contributed by atoms with van der Waals surface area (Å²) in [5.41, 5.74) is 2.25. The molecule has 2 rings (SSSR count). The van der Waals surface area contributed by atoms with Crippen molar-refractivity contribution >= 4 is 35.8 Å². The molecule has 0 aliphatic rings. The standard InChI is InChI=1S/C21H28N4O2.HI/c1-24(2)20(26)15-23-21(22-14-17-8-6-5-7-9-17)25(3)16-18-10-12-19(27-4)13-11-18;/h5-13H,14-16H2,1-4H3,(H,22,23);1H. The highest BCUT2D eigenvalue weighted by atomic mass is 127. The summed E-state index contributed by atoms with van der Waals surface area (Å²) in [6, 6.07) is 18.0. The molecule has 0 unspecified atom stereocenters. The topological polar surface area (TPSA) is 57.2 Å². The van der Waals surface area contributed by atoms with Crippen LogP contribution in [0.1, 0.15) is 11.1 Å². The number of carbonyl (C=O) groups is 1. The average Bonchev–Trinajstić information content (AvgIpc) is 2.69. The van der Waals surface area contributed by atoms with E-state index in [-0.39, 0.29) is 36.4 Å². The van der Waals surface area contributed by atoms with Gasteiger partial charge in [0.15, 0.2) is 5.96 Å². The van der Waals surface area contributed by atoms with E-state index < -0.39 is 0 Å². The van der Waals surface area contributed by atoms with Crippen LogP contribution >= 0.6 is 24.0 Å². The molecule has 2 aromatic rings. The second-order valence-corrected chi connectivity index (χ2v) is 6.47. The van der Waals surface area contributed by atoms with Crippen LogP contribution in [-0.4, -0.2) is 56.5 Å². The van der Waals surface area contributed by atoms with Gasteiger partial charge in [-0.3, -0.25) is 4.79 Å². The third-order valence-corrected chi connectivity index (χ3v) is 4.09. The number of halogens is 1. The van der Waals surface area contributed by atoms with E-state index in [4.69, 9.17) is 9.73 Å². The highest BCUT2D eigenvalue weighted by molar-refractivity contribution is 14.0. The van der Waals surface area contributed by atoms with Gasteiger partial charge in [-0.2, -0.15) is 0 Å². The normalized spacial score (nSPS) is 10.6. The Kier molecular flexibility index (Phi) is 10.4. The van der Waals surface area contributed by atoms with Gasteiger partial charge in [-0.25, -0.2) is 4.99 Å². The van der Waals surface area contributed by atoms with Crippen LogP contribution in [-0.2, 0) is 17.9 Å². The molecule has 28 heavy (non-hydrogen) atoms. The smallest absolute Gasteiger partial charge is 0.241 e. The van der Waals surface area contributed by atoms with Gasteiger partial charge in [0.1, 0.15) is 5.75 Å². The lowest BCUT2D eigenvalue weighted by atomic mass is 10.2. The number of guanidine groups is 1. The van der Waals surface area contributed by atoms with Crippen molar-refractivity contribution in [2.45, 2.75) is 13.1 Å². The number of likely N-dealkylation sites (N-methyl/N-ethyl adjacent to an activating group) is 1. The van der Waals surface area contributed by atoms with Crippen LogP contribution in [0.2, 0.25) is 0 Å². The highest BCUT2D eigenvalue weighted by Crippen LogP contribution is 2.12. The van der Waals surface area contributed by atoms with Crippen molar-refractivity contribution < 1.29 is 9.53 Å². The number of amides is 1. The average molecular weight is 496 g/mol. The van der Waals surface area contributed by atoms with Gasteiger partial charge in [-0.1, -0.05) is 42.5 Å². The van der Waals surface area contributed by atoms with Crippen LogP contribution in [0.3, 0.4) is 0 Å². The Morgan fingerprint density at radius 2 is 1.64 bits per heavy atom.